The van der Waals surface area contributed by atoms with Crippen LogP contribution in [0.5, 0.6) is 0 Å². The Morgan fingerprint density at radius 2 is 1.78 bits per heavy atom. The van der Waals surface area contributed by atoms with Gasteiger partial charge >= 0.3 is 0 Å². The molecule has 0 saturated heterocycles. The quantitative estimate of drug-likeness (QED) is 0.665. The van der Waals surface area contributed by atoms with Crippen LogP contribution in [0.2, 0.25) is 0 Å². The normalized spacial score (nSPS) is 13.2. The third-order valence-corrected chi connectivity index (χ3v) is 5.97. The van der Waals surface area contributed by atoms with Crippen molar-refractivity contribution in [1.82, 2.24) is 0 Å². The Bertz CT molecular complexity index is 917. The molecule has 2 aromatic carbocycles. The maximum Gasteiger partial charge on any atom is 0.287 e. The van der Waals surface area contributed by atoms with Crippen molar-refractivity contribution in [2.45, 2.75) is 33.4 Å². The van der Waals surface area contributed by atoms with E-state index in [-0.39, 0.29) is 11.9 Å². The molecule has 140 valence electrons. The topological polar surface area (TPSA) is 33.5 Å². The molecule has 3 nitrogen and oxygen atoms in total. The third kappa shape index (κ3) is 4.65. The molecule has 27 heavy (non-hydrogen) atoms. The van der Waals surface area contributed by atoms with E-state index < -0.39 is 0 Å². The van der Waals surface area contributed by atoms with Gasteiger partial charge in [-0.2, -0.15) is 0 Å². The molecule has 0 fully saturated rings. The first-order valence-corrected chi connectivity index (χ1v) is 10.1. The molecule has 3 aromatic rings. The van der Waals surface area contributed by atoms with Crippen molar-refractivity contribution < 1.29 is 9.69 Å². The summed E-state index contributed by atoms with van der Waals surface area (Å²) < 4.78 is 0. The number of carbonyl (C=O) groups is 1. The highest BCUT2D eigenvalue weighted by Crippen LogP contribution is 2.20. The average molecular weight is 380 g/mol. The number of carbonyl (C=O) groups excluding carboxylic acids is 1. The summed E-state index contributed by atoms with van der Waals surface area (Å²) in [5.41, 5.74) is 5.43. The van der Waals surface area contributed by atoms with Crippen molar-refractivity contribution in [3.05, 3.63) is 87.1 Å². The van der Waals surface area contributed by atoms with Crippen LogP contribution in [0.4, 0.5) is 5.69 Å². The minimum Gasteiger partial charge on any atom is -0.320 e. The summed E-state index contributed by atoms with van der Waals surface area (Å²) in [5, 5.41) is 5.29. The van der Waals surface area contributed by atoms with Gasteiger partial charge < -0.3 is 10.2 Å². The number of nitrogens with one attached hydrogen (secondary N) is 2. The molecule has 0 aliphatic rings. The predicted octanol–water partition coefficient (Wildman–Crippen LogP) is 4.07. The van der Waals surface area contributed by atoms with E-state index in [4.69, 9.17) is 0 Å². The lowest BCUT2D eigenvalue weighted by molar-refractivity contribution is -0.915. The molecule has 3 rings (SSSR count). The monoisotopic (exact) mass is 379 g/mol. The van der Waals surface area contributed by atoms with E-state index in [1.54, 1.807) is 11.3 Å². The zero-order chi connectivity index (χ0) is 19.4. The average Bonchev–Trinajstić information content (AvgIpc) is 3.04. The number of thiophene rings is 1. The standard InChI is InChI=1S/C23H26N2OS/c1-16-10-11-17(2)20(14-16)24-23(26)22(19-8-6-5-7-9-19)25(4)15-21-18(3)12-13-27-21/h5-14,22H,15H2,1-4H3,(H,24,26)/p+1/t22-/m1/s1. The van der Waals surface area contributed by atoms with Crippen molar-refractivity contribution in [2.75, 3.05) is 12.4 Å². The van der Waals surface area contributed by atoms with Crippen molar-refractivity contribution in [1.29, 1.82) is 0 Å². The van der Waals surface area contributed by atoms with Crippen molar-refractivity contribution in [3.8, 4) is 0 Å². The van der Waals surface area contributed by atoms with Crippen LogP contribution >= 0.6 is 11.3 Å². The van der Waals surface area contributed by atoms with E-state index in [9.17, 15) is 4.79 Å². The van der Waals surface area contributed by atoms with E-state index in [0.29, 0.717) is 0 Å². The molecule has 0 saturated carbocycles. The van der Waals surface area contributed by atoms with Gasteiger partial charge in [-0.3, -0.25) is 4.79 Å². The van der Waals surface area contributed by atoms with Crippen molar-refractivity contribution in [2.24, 2.45) is 0 Å². The zero-order valence-electron chi connectivity index (χ0n) is 16.4. The smallest absolute Gasteiger partial charge is 0.287 e. The number of likely N-dealkylation sites (N-methyl/N-ethyl adjacent to an activating group) is 1. The van der Waals surface area contributed by atoms with Crippen LogP contribution in [-0.4, -0.2) is 13.0 Å². The lowest BCUT2D eigenvalue weighted by atomic mass is 10.0. The van der Waals surface area contributed by atoms with Crippen molar-refractivity contribution >= 4 is 22.9 Å². The predicted molar refractivity (Wildman–Crippen MR) is 113 cm³/mol. The Morgan fingerprint density at radius 1 is 1.04 bits per heavy atom. The van der Waals surface area contributed by atoms with Crippen LogP contribution in [0.25, 0.3) is 0 Å². The molecule has 0 radical (unpaired) electrons. The molecule has 0 aliphatic heterocycles. The lowest BCUT2D eigenvalue weighted by Crippen LogP contribution is -3.09. The molecule has 2 atom stereocenters. The number of benzene rings is 2. The molecule has 1 amide bonds. The van der Waals surface area contributed by atoms with E-state index in [2.05, 4.69) is 36.8 Å². The fourth-order valence-electron chi connectivity index (χ4n) is 3.32. The number of hydrogen-bond donors (Lipinski definition) is 2. The van der Waals surface area contributed by atoms with Gasteiger partial charge in [-0.05, 0) is 55.0 Å². The van der Waals surface area contributed by atoms with E-state index >= 15 is 0 Å². The largest absolute Gasteiger partial charge is 0.320 e. The zero-order valence-corrected chi connectivity index (χ0v) is 17.2. The molecule has 2 N–H and O–H groups in total. The molecule has 0 spiro atoms. The molecular weight excluding hydrogens is 352 g/mol. The minimum atomic E-state index is -0.271. The first-order chi connectivity index (χ1) is 13.0. The molecular formula is C23H27N2OS+. The van der Waals surface area contributed by atoms with E-state index in [0.717, 1.165) is 33.8 Å². The SMILES string of the molecule is Cc1ccc(C)c(NC(=O)[C@@H](c2ccccc2)[NH+](C)Cc2sccc2C)c1. The van der Waals surface area contributed by atoms with Gasteiger partial charge in [0.05, 0.1) is 11.9 Å². The van der Waals surface area contributed by atoms with Gasteiger partial charge in [0.1, 0.15) is 6.54 Å². The second kappa shape index (κ2) is 8.51. The van der Waals surface area contributed by atoms with E-state index in [1.807, 2.05) is 56.3 Å². The second-order valence-corrected chi connectivity index (χ2v) is 8.20. The van der Waals surface area contributed by atoms with Gasteiger partial charge in [0.2, 0.25) is 0 Å². The summed E-state index contributed by atoms with van der Waals surface area (Å²) in [5.74, 6) is 0.0293. The number of quaternary nitrogens is 1. The van der Waals surface area contributed by atoms with Crippen LogP contribution in [0, 0.1) is 20.8 Å². The summed E-state index contributed by atoms with van der Waals surface area (Å²) in [6.45, 7) is 7.02. The summed E-state index contributed by atoms with van der Waals surface area (Å²) in [4.78, 5) is 15.8. The summed E-state index contributed by atoms with van der Waals surface area (Å²) in [7, 11) is 2.10. The van der Waals surface area contributed by atoms with Gasteiger partial charge in [-0.15, -0.1) is 11.3 Å². The van der Waals surface area contributed by atoms with Gasteiger partial charge in [0.15, 0.2) is 6.04 Å². The highest BCUT2D eigenvalue weighted by atomic mass is 32.1. The Kier molecular flexibility index (Phi) is 6.09. The maximum absolute atomic E-state index is 13.3. The molecule has 4 heteroatoms. The van der Waals surface area contributed by atoms with E-state index in [1.165, 1.54) is 10.4 Å². The van der Waals surface area contributed by atoms with Crippen LogP contribution in [0.15, 0.2) is 60.0 Å². The van der Waals surface area contributed by atoms with Gasteiger partial charge in [-0.1, -0.05) is 42.5 Å². The van der Waals surface area contributed by atoms with Crippen molar-refractivity contribution in [3.63, 3.8) is 0 Å². The summed E-state index contributed by atoms with van der Waals surface area (Å²) >= 11 is 1.76. The van der Waals surface area contributed by atoms with Crippen LogP contribution in [-0.2, 0) is 11.3 Å². The summed E-state index contributed by atoms with van der Waals surface area (Å²) in [6, 6.07) is 18.1. The number of anilines is 1. The summed E-state index contributed by atoms with van der Waals surface area (Å²) in [6.07, 6.45) is 0. The fraction of sp³-hybridized carbons (Fsp3) is 0.261. The molecule has 1 heterocycles. The number of aryl methyl sites for hydroxylation is 3. The van der Waals surface area contributed by atoms with Crippen LogP contribution < -0.4 is 10.2 Å². The molecule has 1 unspecified atom stereocenters. The Hall–Kier alpha value is -2.43. The second-order valence-electron chi connectivity index (χ2n) is 7.20. The third-order valence-electron chi connectivity index (χ3n) is 4.95. The molecule has 1 aromatic heterocycles. The van der Waals surface area contributed by atoms with Crippen LogP contribution in [0.1, 0.15) is 33.2 Å². The highest BCUT2D eigenvalue weighted by Gasteiger charge is 2.30. The van der Waals surface area contributed by atoms with Crippen LogP contribution in [0.3, 0.4) is 0 Å². The number of amides is 1. The first-order valence-electron chi connectivity index (χ1n) is 9.24. The molecule has 0 aliphatic carbocycles. The number of hydrogen-bond acceptors (Lipinski definition) is 2. The Labute approximate surface area is 165 Å². The van der Waals surface area contributed by atoms with Gasteiger partial charge in [0, 0.05) is 11.3 Å². The first kappa shape index (κ1) is 19.3. The fourth-order valence-corrected chi connectivity index (χ4v) is 4.32. The highest BCUT2D eigenvalue weighted by molar-refractivity contribution is 7.10. The number of rotatable bonds is 6. The molecule has 0 bridgehead atoms. The minimum absolute atomic E-state index is 0.0293. The van der Waals surface area contributed by atoms with Gasteiger partial charge in [-0.25, -0.2) is 0 Å². The Balaban J connectivity index is 1.88. The Morgan fingerprint density at radius 3 is 2.44 bits per heavy atom. The van der Waals surface area contributed by atoms with Gasteiger partial charge in [0.25, 0.3) is 5.91 Å². The maximum atomic E-state index is 13.3. The lowest BCUT2D eigenvalue weighted by Gasteiger charge is -2.25.